The molecule has 8 aliphatic carbocycles. The molecule has 7 atom stereocenters. The molecule has 0 saturated carbocycles. The van der Waals surface area contributed by atoms with Crippen LogP contribution < -0.4 is 0 Å². The average Bonchev–Trinajstić information content (AvgIpc) is 4.57. The first-order valence-corrected chi connectivity index (χ1v) is 35.8. The molecule has 90 heavy (non-hydrogen) atoms. The molecule has 16 rings (SSSR count). The van der Waals surface area contributed by atoms with Crippen molar-refractivity contribution in [3.8, 4) is 0 Å². The van der Waals surface area contributed by atoms with Gasteiger partial charge in [0.15, 0.2) is 0 Å². The van der Waals surface area contributed by atoms with E-state index in [2.05, 4.69) is 235 Å². The van der Waals surface area contributed by atoms with E-state index in [4.69, 9.17) is 11.6 Å². The van der Waals surface area contributed by atoms with E-state index in [1.807, 2.05) is 12.1 Å². The van der Waals surface area contributed by atoms with Crippen LogP contribution in [0.2, 0.25) is 5.02 Å². The summed E-state index contributed by atoms with van der Waals surface area (Å²) >= 11 is 5.89. The zero-order valence-electron chi connectivity index (χ0n) is 57.5. The van der Waals surface area contributed by atoms with Gasteiger partial charge in [-0.3, -0.25) is 0 Å². The van der Waals surface area contributed by atoms with Crippen molar-refractivity contribution in [2.75, 3.05) is 0 Å². The molecule has 0 spiro atoms. The van der Waals surface area contributed by atoms with Gasteiger partial charge in [0.05, 0.1) is 0 Å². The highest BCUT2D eigenvalue weighted by Gasteiger charge is 2.29. The number of benzene rings is 8. The van der Waals surface area contributed by atoms with Gasteiger partial charge >= 0.3 is 0 Å². The van der Waals surface area contributed by atoms with Gasteiger partial charge in [0.25, 0.3) is 0 Å². The molecule has 476 valence electrons. The van der Waals surface area contributed by atoms with Crippen LogP contribution in [0.3, 0.4) is 0 Å². The summed E-state index contributed by atoms with van der Waals surface area (Å²) in [6.45, 7) is 27.7. The predicted octanol–water partition coefficient (Wildman–Crippen LogP) is 25.0. The molecule has 8 aromatic rings. The maximum atomic E-state index is 12.7. The van der Waals surface area contributed by atoms with Crippen molar-refractivity contribution in [3.63, 3.8) is 0 Å². The number of hydrogen-bond donors (Lipinski definition) is 0. The second kappa shape index (κ2) is 32.0. The fourth-order valence-corrected chi connectivity index (χ4v) is 16.0. The summed E-state index contributed by atoms with van der Waals surface area (Å²) < 4.78 is 12.7. The van der Waals surface area contributed by atoms with Gasteiger partial charge in [-0.2, -0.15) is 0 Å². The largest absolute Gasteiger partial charge is 0.207 e. The third-order valence-corrected chi connectivity index (χ3v) is 22.3. The minimum absolute atomic E-state index is 0.0992. The molecule has 8 aliphatic rings. The Morgan fingerprint density at radius 2 is 0.767 bits per heavy atom. The van der Waals surface area contributed by atoms with Crippen molar-refractivity contribution < 1.29 is 4.39 Å². The first-order valence-electron chi connectivity index (χ1n) is 35.4. The predicted molar refractivity (Wildman–Crippen MR) is 387 cm³/mol. The number of hydrogen-bond acceptors (Lipinski definition) is 0. The SMILES string of the molecule is CC1(C)CCCc2ccccc21.CC1(C)CCc2ccccc21.CC1CCCc2ccccc21.CC1CCc2cc(F)ccc21.CC1CCc2ccc(Cl)cc21.CC1CCc2ccccc21.CC1CCc2ccccc2C1C.CCc1ccc2c(c1)CCC2C. The van der Waals surface area contributed by atoms with Crippen molar-refractivity contribution in [1.82, 2.24) is 0 Å². The van der Waals surface area contributed by atoms with E-state index in [9.17, 15) is 4.39 Å². The van der Waals surface area contributed by atoms with Crippen LogP contribution >= 0.6 is 11.6 Å². The zero-order chi connectivity index (χ0) is 64.0. The van der Waals surface area contributed by atoms with E-state index in [1.165, 1.54) is 143 Å². The molecular weight excluding hydrogens is 1110 g/mol. The fourth-order valence-electron chi connectivity index (χ4n) is 15.8. The number of rotatable bonds is 1. The van der Waals surface area contributed by atoms with Gasteiger partial charge in [-0.1, -0.05) is 246 Å². The van der Waals surface area contributed by atoms with Crippen LogP contribution in [0, 0.1) is 11.7 Å². The summed E-state index contributed by atoms with van der Waals surface area (Å²) in [7, 11) is 0. The number of aryl methyl sites for hydroxylation is 9. The molecule has 0 aliphatic heterocycles. The van der Waals surface area contributed by atoms with E-state index in [-0.39, 0.29) is 5.82 Å². The molecule has 0 heterocycles. The molecule has 2 heteroatoms. The Morgan fingerprint density at radius 1 is 0.356 bits per heavy atom. The molecule has 7 unspecified atom stereocenters. The highest BCUT2D eigenvalue weighted by Crippen LogP contribution is 2.41. The highest BCUT2D eigenvalue weighted by molar-refractivity contribution is 6.30. The van der Waals surface area contributed by atoms with Crippen molar-refractivity contribution in [1.29, 1.82) is 0 Å². The number of fused-ring (bicyclic) bond motifs is 8. The maximum Gasteiger partial charge on any atom is 0.123 e. The van der Waals surface area contributed by atoms with Crippen LogP contribution in [0.25, 0.3) is 0 Å². The lowest BCUT2D eigenvalue weighted by molar-refractivity contribution is 0.426. The summed E-state index contributed by atoms with van der Waals surface area (Å²) in [5.74, 6) is 5.25. The van der Waals surface area contributed by atoms with Gasteiger partial charge in [-0.15, -0.1) is 0 Å². The third-order valence-electron chi connectivity index (χ3n) is 22.1. The Hall–Kier alpha value is -6.02. The Bertz CT molecular complexity index is 3570. The van der Waals surface area contributed by atoms with Crippen molar-refractivity contribution in [2.24, 2.45) is 5.92 Å². The monoisotopic (exact) mass is 1220 g/mol. The minimum atomic E-state index is -0.0992. The quantitative estimate of drug-likeness (QED) is 0.154. The maximum absolute atomic E-state index is 12.7. The van der Waals surface area contributed by atoms with E-state index in [0.717, 1.165) is 41.0 Å². The summed E-state index contributed by atoms with van der Waals surface area (Å²) in [4.78, 5) is 0. The Labute approximate surface area is 551 Å². The van der Waals surface area contributed by atoms with Crippen LogP contribution in [0.1, 0.15) is 277 Å². The second-order valence-electron chi connectivity index (χ2n) is 29.5. The zero-order valence-corrected chi connectivity index (χ0v) is 58.2. The summed E-state index contributed by atoms with van der Waals surface area (Å²) in [6, 6.07) is 62.6. The molecule has 0 fully saturated rings. The lowest BCUT2D eigenvalue weighted by Crippen LogP contribution is -2.23. The highest BCUT2D eigenvalue weighted by atomic mass is 35.5. The minimum Gasteiger partial charge on any atom is -0.207 e. The Balaban J connectivity index is 0.000000122. The summed E-state index contributed by atoms with van der Waals surface area (Å²) in [5, 5.41) is 0.873. The summed E-state index contributed by atoms with van der Waals surface area (Å²) in [5.41, 5.74) is 26.7. The molecule has 0 nitrogen and oxygen atoms in total. The molecular formula is C88H110ClF. The van der Waals surface area contributed by atoms with Crippen LogP contribution in [-0.4, -0.2) is 0 Å². The molecule has 0 bridgehead atoms. The van der Waals surface area contributed by atoms with E-state index >= 15 is 0 Å². The van der Waals surface area contributed by atoms with Gasteiger partial charge < -0.3 is 0 Å². The molecule has 0 amide bonds. The van der Waals surface area contributed by atoms with Gasteiger partial charge in [0.1, 0.15) is 5.82 Å². The first kappa shape index (κ1) is 68.3. The van der Waals surface area contributed by atoms with Crippen LogP contribution in [0.4, 0.5) is 4.39 Å². The molecule has 0 aromatic heterocycles. The van der Waals surface area contributed by atoms with Crippen molar-refractivity contribution in [3.05, 3.63) is 281 Å². The number of halogens is 2. The standard InChI is InChI=1S/3C12H16.2C11H14.C10H11Cl.C10H11F.C10H12/c1-12(2)9-5-7-10-6-3-4-8-11(10)12;1-9-7-8-11-5-3-4-6-12(11)10(9)2;1-3-10-5-7-12-9(2)4-6-11(12)8-10;1-11(2)8-7-9-5-3-4-6-10(9)11;1-9-5-4-7-10-6-2-3-8-11(9)10;1-7-2-3-8-4-5-9(11)6-10(7)8;1-7-2-3-8-6-9(11)4-5-10(7)8;1-8-6-7-9-4-2-3-5-10(8)9/h3-4,6,8H,5,7,9H2,1-2H3;3-6,9-10H,7-8H2,1-2H3;5,7-9H,3-4,6H2,1-2H3;3-6H,7-8H2,1-2H3;2-3,6,8-9H,4-5,7H2,1H3;2*4-7H,2-3H2,1H3;2-5,8H,6-7H2,1H3. The Morgan fingerprint density at radius 3 is 1.31 bits per heavy atom. The lowest BCUT2D eigenvalue weighted by Gasteiger charge is -2.32. The molecule has 0 saturated heterocycles. The topological polar surface area (TPSA) is 0 Å². The van der Waals surface area contributed by atoms with E-state index < -0.39 is 0 Å². The molecule has 0 N–H and O–H groups in total. The lowest BCUT2D eigenvalue weighted by atomic mass is 9.73. The fraction of sp³-hybridized carbons (Fsp3) is 0.455. The van der Waals surface area contributed by atoms with Crippen LogP contribution in [0.5, 0.6) is 0 Å². The van der Waals surface area contributed by atoms with Crippen molar-refractivity contribution in [2.45, 2.75) is 251 Å². The Kier molecular flexibility index (Phi) is 24.3. The normalized spacial score (nSPS) is 22.3. The molecule has 8 aromatic carbocycles. The van der Waals surface area contributed by atoms with Crippen molar-refractivity contribution >= 4 is 11.6 Å². The first-order chi connectivity index (χ1) is 43.3. The van der Waals surface area contributed by atoms with E-state index in [1.54, 1.807) is 78.9 Å². The van der Waals surface area contributed by atoms with Gasteiger partial charge in [0.2, 0.25) is 0 Å². The third kappa shape index (κ3) is 17.8. The molecule has 0 radical (unpaired) electrons. The van der Waals surface area contributed by atoms with Crippen LogP contribution in [0.15, 0.2) is 176 Å². The van der Waals surface area contributed by atoms with Gasteiger partial charge in [-0.05, 0) is 293 Å². The second-order valence-corrected chi connectivity index (χ2v) is 29.9. The summed E-state index contributed by atoms with van der Waals surface area (Å²) in [6.07, 6.45) is 24.4. The average molecular weight is 1220 g/mol. The smallest absolute Gasteiger partial charge is 0.123 e. The van der Waals surface area contributed by atoms with E-state index in [0.29, 0.717) is 22.7 Å². The van der Waals surface area contributed by atoms with Crippen LogP contribution in [-0.2, 0) is 68.6 Å². The van der Waals surface area contributed by atoms with Gasteiger partial charge in [-0.25, -0.2) is 4.39 Å². The van der Waals surface area contributed by atoms with Gasteiger partial charge in [0, 0.05) is 5.02 Å².